The summed E-state index contributed by atoms with van der Waals surface area (Å²) in [7, 11) is -3.15. The maximum atomic E-state index is 12.5. The first-order valence-electron chi connectivity index (χ1n) is 6.86. The summed E-state index contributed by atoms with van der Waals surface area (Å²) in [6, 6.07) is 2.35. The molecule has 0 aromatic heterocycles. The Hall–Kier alpha value is -1.64. The first kappa shape index (κ1) is 19.4. The second-order valence-electron chi connectivity index (χ2n) is 4.79. The molecule has 0 aliphatic heterocycles. The lowest BCUT2D eigenvalue weighted by Crippen LogP contribution is -2.41. The van der Waals surface area contributed by atoms with E-state index in [0.29, 0.717) is 6.42 Å². The SMILES string of the molecule is CCCCC(NS(=O)(=O)c1cc(Cl)ccc1C(=O)OC)C(=O)O. The van der Waals surface area contributed by atoms with Crippen molar-refractivity contribution in [2.24, 2.45) is 0 Å². The van der Waals surface area contributed by atoms with Gasteiger partial charge >= 0.3 is 11.9 Å². The monoisotopic (exact) mass is 363 g/mol. The van der Waals surface area contributed by atoms with Crippen LogP contribution in [0.1, 0.15) is 36.5 Å². The highest BCUT2D eigenvalue weighted by molar-refractivity contribution is 7.89. The minimum absolute atomic E-state index is 0.0958. The van der Waals surface area contributed by atoms with Crippen LogP contribution in [0.15, 0.2) is 23.1 Å². The summed E-state index contributed by atoms with van der Waals surface area (Å²) < 4.78 is 31.6. The van der Waals surface area contributed by atoms with Crippen LogP contribution in [0.5, 0.6) is 0 Å². The molecule has 0 fully saturated rings. The Morgan fingerprint density at radius 3 is 2.57 bits per heavy atom. The lowest BCUT2D eigenvalue weighted by Gasteiger charge is -2.16. The Bertz CT molecular complexity index is 689. The number of nitrogens with one attached hydrogen (secondary N) is 1. The van der Waals surface area contributed by atoms with E-state index in [1.807, 2.05) is 6.92 Å². The number of ether oxygens (including phenoxy) is 1. The fourth-order valence-electron chi connectivity index (χ4n) is 1.89. The maximum absolute atomic E-state index is 12.5. The van der Waals surface area contributed by atoms with E-state index in [2.05, 4.69) is 9.46 Å². The molecule has 1 atom stereocenters. The van der Waals surface area contributed by atoms with E-state index in [0.717, 1.165) is 19.6 Å². The van der Waals surface area contributed by atoms with Crippen LogP contribution < -0.4 is 4.72 Å². The van der Waals surface area contributed by atoms with E-state index in [1.54, 1.807) is 0 Å². The lowest BCUT2D eigenvalue weighted by molar-refractivity contribution is -0.139. The summed E-state index contributed by atoms with van der Waals surface area (Å²) in [5.74, 6) is -2.15. The van der Waals surface area contributed by atoms with Crippen molar-refractivity contribution in [1.82, 2.24) is 4.72 Å². The Kier molecular flexibility index (Phi) is 6.99. The molecule has 0 aliphatic carbocycles. The molecule has 0 heterocycles. The molecular weight excluding hydrogens is 346 g/mol. The first-order chi connectivity index (χ1) is 10.7. The van der Waals surface area contributed by atoms with Gasteiger partial charge in [-0.05, 0) is 24.6 Å². The van der Waals surface area contributed by atoms with Gasteiger partial charge in [0.1, 0.15) is 6.04 Å². The third kappa shape index (κ3) is 5.19. The highest BCUT2D eigenvalue weighted by Crippen LogP contribution is 2.22. The zero-order chi connectivity index (χ0) is 17.6. The van der Waals surface area contributed by atoms with Gasteiger partial charge in [-0.3, -0.25) is 4.79 Å². The van der Waals surface area contributed by atoms with E-state index in [4.69, 9.17) is 16.7 Å². The highest BCUT2D eigenvalue weighted by Gasteiger charge is 2.29. The second kappa shape index (κ2) is 8.28. The number of hydrogen-bond donors (Lipinski definition) is 2. The molecular formula is C14H18ClNO6S. The van der Waals surface area contributed by atoms with Crippen LogP contribution in [0.2, 0.25) is 5.02 Å². The van der Waals surface area contributed by atoms with Crippen LogP contribution >= 0.6 is 11.6 Å². The number of halogens is 1. The maximum Gasteiger partial charge on any atom is 0.339 e. The van der Waals surface area contributed by atoms with Gasteiger partial charge in [0.15, 0.2) is 0 Å². The summed E-state index contributed by atoms with van der Waals surface area (Å²) >= 11 is 5.79. The number of hydrogen-bond acceptors (Lipinski definition) is 5. The number of rotatable bonds is 8. The normalized spacial score (nSPS) is 12.7. The molecule has 0 saturated carbocycles. The van der Waals surface area contributed by atoms with Crippen molar-refractivity contribution in [3.63, 3.8) is 0 Å². The van der Waals surface area contributed by atoms with Gasteiger partial charge in [0.05, 0.1) is 17.6 Å². The number of unbranched alkanes of at least 4 members (excludes halogenated alkanes) is 1. The largest absolute Gasteiger partial charge is 0.480 e. The third-order valence-electron chi connectivity index (χ3n) is 3.08. The molecule has 1 aromatic rings. The van der Waals surface area contributed by atoms with E-state index in [1.165, 1.54) is 12.1 Å². The van der Waals surface area contributed by atoms with Crippen molar-refractivity contribution in [1.29, 1.82) is 0 Å². The number of aliphatic carboxylic acids is 1. The number of carboxylic acid groups (broad SMARTS) is 1. The fraction of sp³-hybridized carbons (Fsp3) is 0.429. The van der Waals surface area contributed by atoms with Crippen LogP contribution in [0, 0.1) is 0 Å². The van der Waals surface area contributed by atoms with Gasteiger partial charge < -0.3 is 9.84 Å². The molecule has 0 aliphatic rings. The van der Waals surface area contributed by atoms with E-state index < -0.39 is 32.9 Å². The Morgan fingerprint density at radius 2 is 2.04 bits per heavy atom. The van der Waals surface area contributed by atoms with Crippen molar-refractivity contribution in [2.75, 3.05) is 7.11 Å². The summed E-state index contributed by atoms with van der Waals surface area (Å²) in [4.78, 5) is 22.5. The summed E-state index contributed by atoms with van der Waals surface area (Å²) in [6.45, 7) is 1.86. The molecule has 0 spiro atoms. The lowest BCUT2D eigenvalue weighted by atomic mass is 10.1. The molecule has 9 heteroatoms. The van der Waals surface area contributed by atoms with Crippen molar-refractivity contribution < 1.29 is 27.9 Å². The summed E-state index contributed by atoms with van der Waals surface area (Å²) in [5, 5.41) is 9.24. The zero-order valence-electron chi connectivity index (χ0n) is 12.7. The molecule has 1 unspecified atom stereocenters. The minimum Gasteiger partial charge on any atom is -0.480 e. The minimum atomic E-state index is -4.26. The van der Waals surface area contributed by atoms with Crippen molar-refractivity contribution in [3.05, 3.63) is 28.8 Å². The second-order valence-corrected chi connectivity index (χ2v) is 6.91. The van der Waals surface area contributed by atoms with Gasteiger partial charge in [0.2, 0.25) is 10.0 Å². The van der Waals surface area contributed by atoms with E-state index in [-0.39, 0.29) is 17.0 Å². The average molecular weight is 364 g/mol. The molecule has 0 radical (unpaired) electrons. The molecule has 0 amide bonds. The molecule has 0 bridgehead atoms. The fourth-order valence-corrected chi connectivity index (χ4v) is 3.57. The number of benzene rings is 1. The number of carbonyl (C=O) groups excluding carboxylic acids is 1. The smallest absolute Gasteiger partial charge is 0.339 e. The Morgan fingerprint density at radius 1 is 1.39 bits per heavy atom. The molecule has 1 aromatic carbocycles. The van der Waals surface area contributed by atoms with Crippen LogP contribution in [-0.4, -0.2) is 38.6 Å². The number of sulfonamides is 1. The van der Waals surface area contributed by atoms with Crippen molar-refractivity contribution in [2.45, 2.75) is 37.1 Å². The third-order valence-corrected chi connectivity index (χ3v) is 4.83. The first-order valence-corrected chi connectivity index (χ1v) is 8.72. The van der Waals surface area contributed by atoms with Crippen LogP contribution in [0.25, 0.3) is 0 Å². The number of esters is 1. The number of carboxylic acids is 1. The summed E-state index contributed by atoms with van der Waals surface area (Å²) in [5.41, 5.74) is -0.218. The molecule has 23 heavy (non-hydrogen) atoms. The number of methoxy groups -OCH3 is 1. The van der Waals surface area contributed by atoms with Crippen molar-refractivity contribution in [3.8, 4) is 0 Å². The molecule has 1 rings (SSSR count). The van der Waals surface area contributed by atoms with E-state index >= 15 is 0 Å². The quantitative estimate of drug-likeness (QED) is 0.684. The Labute approximate surface area is 139 Å². The Balaban J connectivity index is 3.24. The highest BCUT2D eigenvalue weighted by atomic mass is 35.5. The van der Waals surface area contributed by atoms with Crippen LogP contribution in [0.4, 0.5) is 0 Å². The van der Waals surface area contributed by atoms with Gasteiger partial charge in [-0.2, -0.15) is 4.72 Å². The molecule has 7 nitrogen and oxygen atoms in total. The predicted octanol–water partition coefficient (Wildman–Crippen LogP) is 2.05. The average Bonchev–Trinajstić information content (AvgIpc) is 2.50. The summed E-state index contributed by atoms with van der Waals surface area (Å²) in [6.07, 6.45) is 1.40. The van der Waals surface area contributed by atoms with Crippen LogP contribution in [-0.2, 0) is 19.6 Å². The van der Waals surface area contributed by atoms with Gasteiger partial charge in [-0.25, -0.2) is 13.2 Å². The molecule has 0 saturated heterocycles. The van der Waals surface area contributed by atoms with Crippen molar-refractivity contribution >= 4 is 33.6 Å². The van der Waals surface area contributed by atoms with Gasteiger partial charge in [-0.15, -0.1) is 0 Å². The zero-order valence-corrected chi connectivity index (χ0v) is 14.3. The van der Waals surface area contributed by atoms with Gasteiger partial charge in [-0.1, -0.05) is 31.4 Å². The standard InChI is InChI=1S/C14H18ClNO6S/c1-3-4-5-11(13(17)18)16-23(20,21)12-8-9(15)6-7-10(12)14(19)22-2/h6-8,11,16H,3-5H2,1-2H3,(H,17,18). The topological polar surface area (TPSA) is 110 Å². The van der Waals surface area contributed by atoms with Gasteiger partial charge in [0.25, 0.3) is 0 Å². The van der Waals surface area contributed by atoms with E-state index in [9.17, 15) is 18.0 Å². The van der Waals surface area contributed by atoms with Gasteiger partial charge in [0, 0.05) is 5.02 Å². The molecule has 128 valence electrons. The van der Waals surface area contributed by atoms with Crippen LogP contribution in [0.3, 0.4) is 0 Å². The predicted molar refractivity (Wildman–Crippen MR) is 84.1 cm³/mol. The molecule has 2 N–H and O–H groups in total. The number of carbonyl (C=O) groups is 2.